The average Bonchev–Trinajstić information content (AvgIpc) is 2.44. The van der Waals surface area contributed by atoms with Crippen molar-refractivity contribution in [3.63, 3.8) is 0 Å². The van der Waals surface area contributed by atoms with Crippen molar-refractivity contribution in [2.45, 2.75) is 51.0 Å². The summed E-state index contributed by atoms with van der Waals surface area (Å²) in [7, 11) is 2.68. The Morgan fingerprint density at radius 3 is 2.26 bits per heavy atom. The van der Waals surface area contributed by atoms with Gasteiger partial charge < -0.3 is 14.2 Å². The van der Waals surface area contributed by atoms with Crippen LogP contribution in [0, 0.1) is 0 Å². The van der Waals surface area contributed by atoms with Gasteiger partial charge in [0.15, 0.2) is 0 Å². The smallest absolute Gasteiger partial charge is 0.469 e. The van der Waals surface area contributed by atoms with E-state index in [0.717, 1.165) is 38.5 Å². The van der Waals surface area contributed by atoms with Crippen molar-refractivity contribution >= 4 is 12.1 Å². The number of unbranched alkanes of at least 4 members (excludes halogenated alkanes) is 4. The Labute approximate surface area is 114 Å². The molecule has 19 heavy (non-hydrogen) atoms. The van der Waals surface area contributed by atoms with E-state index < -0.39 is 6.16 Å². The van der Waals surface area contributed by atoms with Gasteiger partial charge in [0.05, 0.1) is 14.2 Å². The summed E-state index contributed by atoms with van der Waals surface area (Å²) >= 11 is 0. The van der Waals surface area contributed by atoms with E-state index in [4.69, 9.17) is 4.74 Å². The van der Waals surface area contributed by atoms with E-state index in [0.29, 0.717) is 6.42 Å². The summed E-state index contributed by atoms with van der Waals surface area (Å²) in [4.78, 5) is 21.8. The third-order valence-electron chi connectivity index (χ3n) is 2.77. The Hall–Kier alpha value is -1.52. The van der Waals surface area contributed by atoms with Gasteiger partial charge in [-0.2, -0.15) is 0 Å². The van der Waals surface area contributed by atoms with Gasteiger partial charge in [0.1, 0.15) is 6.10 Å². The maximum absolute atomic E-state index is 10.9. The van der Waals surface area contributed by atoms with Gasteiger partial charge in [-0.1, -0.05) is 31.9 Å². The second-order valence-electron chi connectivity index (χ2n) is 4.23. The lowest BCUT2D eigenvalue weighted by Gasteiger charge is -2.12. The number of hydrogen-bond acceptors (Lipinski definition) is 5. The summed E-state index contributed by atoms with van der Waals surface area (Å²) in [5, 5.41) is 0. The number of rotatable bonds is 10. The second-order valence-corrected chi connectivity index (χ2v) is 4.23. The molecule has 5 nitrogen and oxygen atoms in total. The van der Waals surface area contributed by atoms with Crippen LogP contribution in [-0.4, -0.2) is 32.4 Å². The van der Waals surface area contributed by atoms with Gasteiger partial charge in [-0.25, -0.2) is 4.79 Å². The third kappa shape index (κ3) is 10.1. The molecule has 0 aliphatic heterocycles. The zero-order valence-corrected chi connectivity index (χ0v) is 11.9. The molecule has 0 aromatic rings. The van der Waals surface area contributed by atoms with Gasteiger partial charge in [-0.05, 0) is 19.3 Å². The summed E-state index contributed by atoms with van der Waals surface area (Å²) in [6.07, 6.45) is 6.77. The minimum Gasteiger partial charge on any atom is -0.469 e. The Balaban J connectivity index is 3.48. The topological polar surface area (TPSA) is 61.8 Å². The number of carbonyl (C=O) groups is 2. The lowest BCUT2D eigenvalue weighted by atomic mass is 10.1. The fourth-order valence-electron chi connectivity index (χ4n) is 1.64. The number of carbonyl (C=O) groups excluding carboxylic acids is 2. The minimum absolute atomic E-state index is 0.154. The normalized spacial score (nSPS) is 11.5. The van der Waals surface area contributed by atoms with Crippen molar-refractivity contribution in [1.29, 1.82) is 0 Å². The summed E-state index contributed by atoms with van der Waals surface area (Å²) in [5.74, 6) is -0.154. The molecule has 5 heteroatoms. The zero-order valence-electron chi connectivity index (χ0n) is 11.9. The van der Waals surface area contributed by atoms with E-state index in [-0.39, 0.29) is 12.1 Å². The van der Waals surface area contributed by atoms with Crippen molar-refractivity contribution in [3.8, 4) is 0 Å². The van der Waals surface area contributed by atoms with E-state index in [1.807, 2.05) is 0 Å². The van der Waals surface area contributed by atoms with Crippen LogP contribution in [0.3, 0.4) is 0 Å². The van der Waals surface area contributed by atoms with Crippen LogP contribution >= 0.6 is 0 Å². The van der Waals surface area contributed by atoms with Crippen molar-refractivity contribution in [3.05, 3.63) is 12.7 Å². The van der Waals surface area contributed by atoms with Crippen molar-refractivity contribution in [2.75, 3.05) is 14.2 Å². The van der Waals surface area contributed by atoms with E-state index in [9.17, 15) is 9.59 Å². The first-order valence-electron chi connectivity index (χ1n) is 6.58. The molecule has 0 radical (unpaired) electrons. The Kier molecular flexibility index (Phi) is 10.6. The van der Waals surface area contributed by atoms with Gasteiger partial charge in [0, 0.05) is 6.42 Å². The van der Waals surface area contributed by atoms with Gasteiger partial charge in [-0.15, -0.1) is 0 Å². The number of esters is 1. The predicted molar refractivity (Wildman–Crippen MR) is 71.8 cm³/mol. The van der Waals surface area contributed by atoms with Crippen molar-refractivity contribution in [2.24, 2.45) is 0 Å². The van der Waals surface area contributed by atoms with E-state index in [1.54, 1.807) is 6.08 Å². The molecule has 0 N–H and O–H groups in total. The predicted octanol–water partition coefficient (Wildman–Crippen LogP) is 3.23. The molecule has 0 fully saturated rings. The molecule has 0 saturated heterocycles. The molecule has 1 unspecified atom stereocenters. The first-order valence-corrected chi connectivity index (χ1v) is 6.58. The standard InChI is InChI=1S/C14H24O5/c1-4-12(19-14(16)18-3)10-8-6-5-7-9-11-13(15)17-2/h4,12H,1,5-11H2,2-3H3. The first-order chi connectivity index (χ1) is 9.13. The number of ether oxygens (including phenoxy) is 3. The molecule has 0 heterocycles. The maximum atomic E-state index is 10.9. The van der Waals surface area contributed by atoms with Crippen LogP contribution in [0.25, 0.3) is 0 Å². The van der Waals surface area contributed by atoms with E-state index in [2.05, 4.69) is 16.1 Å². The van der Waals surface area contributed by atoms with Gasteiger partial charge in [-0.3, -0.25) is 4.79 Å². The van der Waals surface area contributed by atoms with Crippen LogP contribution in [0.5, 0.6) is 0 Å². The molecule has 0 amide bonds. The van der Waals surface area contributed by atoms with Crippen LogP contribution in [0.2, 0.25) is 0 Å². The number of methoxy groups -OCH3 is 2. The quantitative estimate of drug-likeness (QED) is 0.347. The van der Waals surface area contributed by atoms with Crippen LogP contribution in [0.1, 0.15) is 44.9 Å². The molecule has 0 rings (SSSR count). The lowest BCUT2D eigenvalue weighted by molar-refractivity contribution is -0.140. The van der Waals surface area contributed by atoms with Crippen LogP contribution in [0.15, 0.2) is 12.7 Å². The minimum atomic E-state index is -0.678. The molecular weight excluding hydrogens is 248 g/mol. The molecule has 0 bridgehead atoms. The van der Waals surface area contributed by atoms with Crippen LogP contribution in [0.4, 0.5) is 4.79 Å². The maximum Gasteiger partial charge on any atom is 0.508 e. The molecule has 0 saturated carbocycles. The van der Waals surface area contributed by atoms with Gasteiger partial charge in [0.25, 0.3) is 0 Å². The fourth-order valence-corrected chi connectivity index (χ4v) is 1.64. The summed E-state index contributed by atoms with van der Waals surface area (Å²) in [6.45, 7) is 3.62. The molecule has 110 valence electrons. The van der Waals surface area contributed by atoms with Crippen LogP contribution in [-0.2, 0) is 19.0 Å². The van der Waals surface area contributed by atoms with Gasteiger partial charge in [0.2, 0.25) is 0 Å². The highest BCUT2D eigenvalue weighted by Crippen LogP contribution is 2.11. The van der Waals surface area contributed by atoms with Crippen molar-refractivity contribution in [1.82, 2.24) is 0 Å². The highest BCUT2D eigenvalue weighted by atomic mass is 16.7. The number of hydrogen-bond donors (Lipinski definition) is 0. The second kappa shape index (κ2) is 11.6. The van der Waals surface area contributed by atoms with E-state index >= 15 is 0 Å². The molecule has 0 aromatic carbocycles. The zero-order chi connectivity index (χ0) is 14.5. The molecular formula is C14H24O5. The molecule has 0 aromatic heterocycles. The monoisotopic (exact) mass is 272 g/mol. The molecule has 0 aliphatic rings. The molecule has 1 atom stereocenters. The Morgan fingerprint density at radius 2 is 1.68 bits per heavy atom. The lowest BCUT2D eigenvalue weighted by Crippen LogP contribution is -2.15. The van der Waals surface area contributed by atoms with Crippen molar-refractivity contribution < 1.29 is 23.8 Å². The summed E-state index contributed by atoms with van der Waals surface area (Å²) in [6, 6.07) is 0. The van der Waals surface area contributed by atoms with Crippen LogP contribution < -0.4 is 0 Å². The SMILES string of the molecule is C=CC(CCCCCCCC(=O)OC)OC(=O)OC. The highest BCUT2D eigenvalue weighted by Gasteiger charge is 2.10. The molecule has 0 spiro atoms. The summed E-state index contributed by atoms with van der Waals surface area (Å²) < 4.78 is 14.0. The van der Waals surface area contributed by atoms with Gasteiger partial charge >= 0.3 is 12.1 Å². The Bertz CT molecular complexity index is 275. The average molecular weight is 272 g/mol. The summed E-state index contributed by atoms with van der Waals surface area (Å²) in [5.41, 5.74) is 0. The first kappa shape index (κ1) is 17.5. The Morgan fingerprint density at radius 1 is 1.05 bits per heavy atom. The largest absolute Gasteiger partial charge is 0.508 e. The third-order valence-corrected chi connectivity index (χ3v) is 2.77. The molecule has 0 aliphatic carbocycles. The highest BCUT2D eigenvalue weighted by molar-refractivity contribution is 5.68. The van der Waals surface area contributed by atoms with E-state index in [1.165, 1.54) is 14.2 Å². The fraction of sp³-hybridized carbons (Fsp3) is 0.714.